The SMILES string of the molecule is COc1cc(/C=C2\SC(=O)N(Cc3ccccc3)C2=O)ccc1OC(=O)c1cccc(Br)c1. The van der Waals surface area contributed by atoms with Crippen LogP contribution >= 0.6 is 27.7 Å². The van der Waals surface area contributed by atoms with E-state index in [4.69, 9.17) is 9.47 Å². The predicted octanol–water partition coefficient (Wildman–Crippen LogP) is 5.91. The molecular formula is C25H18BrNO5S. The molecule has 1 aliphatic heterocycles. The van der Waals surface area contributed by atoms with E-state index in [1.165, 1.54) is 12.0 Å². The summed E-state index contributed by atoms with van der Waals surface area (Å²) < 4.78 is 11.6. The number of thioether (sulfide) groups is 1. The highest BCUT2D eigenvalue weighted by Gasteiger charge is 2.35. The summed E-state index contributed by atoms with van der Waals surface area (Å²) >= 11 is 4.22. The van der Waals surface area contributed by atoms with E-state index >= 15 is 0 Å². The first-order valence-corrected chi connectivity index (χ1v) is 11.5. The van der Waals surface area contributed by atoms with Crippen molar-refractivity contribution in [3.8, 4) is 11.5 Å². The predicted molar refractivity (Wildman–Crippen MR) is 130 cm³/mol. The summed E-state index contributed by atoms with van der Waals surface area (Å²) in [5, 5.41) is -0.318. The zero-order valence-corrected chi connectivity index (χ0v) is 19.9. The minimum absolute atomic E-state index is 0.219. The molecule has 0 unspecified atom stereocenters. The van der Waals surface area contributed by atoms with Crippen LogP contribution in [-0.2, 0) is 11.3 Å². The normalized spacial score (nSPS) is 14.6. The quantitative estimate of drug-likeness (QED) is 0.227. The lowest BCUT2D eigenvalue weighted by Gasteiger charge is -2.12. The van der Waals surface area contributed by atoms with E-state index in [0.717, 1.165) is 21.8 Å². The molecule has 0 aromatic heterocycles. The number of amides is 2. The van der Waals surface area contributed by atoms with Crippen molar-refractivity contribution in [1.29, 1.82) is 0 Å². The molecule has 6 nitrogen and oxygen atoms in total. The van der Waals surface area contributed by atoms with Gasteiger partial charge in [0.05, 0.1) is 24.1 Å². The Bertz CT molecular complexity index is 1260. The van der Waals surface area contributed by atoms with E-state index in [1.54, 1.807) is 42.5 Å². The number of ether oxygens (including phenoxy) is 2. The standard InChI is InChI=1S/C25H18BrNO5S/c1-31-21-12-17(10-11-20(21)32-24(29)18-8-5-9-19(26)14-18)13-22-23(28)27(25(30)33-22)15-16-6-3-2-4-7-16/h2-14H,15H2,1H3/b22-13-. The number of benzene rings is 3. The molecule has 2 amide bonds. The van der Waals surface area contributed by atoms with Crippen LogP contribution in [0.5, 0.6) is 11.5 Å². The number of nitrogens with zero attached hydrogens (tertiary/aromatic N) is 1. The molecule has 0 spiro atoms. The van der Waals surface area contributed by atoms with Gasteiger partial charge in [-0.3, -0.25) is 14.5 Å². The molecule has 1 fully saturated rings. The van der Waals surface area contributed by atoms with Gasteiger partial charge in [-0.25, -0.2) is 4.79 Å². The Morgan fingerprint density at radius 1 is 1.00 bits per heavy atom. The third-order valence-electron chi connectivity index (χ3n) is 4.81. The molecule has 0 bridgehead atoms. The van der Waals surface area contributed by atoms with Crippen LogP contribution in [0.1, 0.15) is 21.5 Å². The Morgan fingerprint density at radius 3 is 2.52 bits per heavy atom. The molecule has 0 atom stereocenters. The smallest absolute Gasteiger partial charge is 0.343 e. The minimum Gasteiger partial charge on any atom is -0.493 e. The monoisotopic (exact) mass is 523 g/mol. The number of hydrogen-bond acceptors (Lipinski definition) is 6. The number of imide groups is 1. The fourth-order valence-corrected chi connectivity index (χ4v) is 4.42. The Hall–Kier alpha value is -3.36. The average molecular weight is 524 g/mol. The van der Waals surface area contributed by atoms with Gasteiger partial charge in [0.2, 0.25) is 0 Å². The highest BCUT2D eigenvalue weighted by atomic mass is 79.9. The molecule has 166 valence electrons. The van der Waals surface area contributed by atoms with Gasteiger partial charge in [-0.2, -0.15) is 0 Å². The van der Waals surface area contributed by atoms with Crippen LogP contribution in [0.4, 0.5) is 4.79 Å². The van der Waals surface area contributed by atoms with Gasteiger partial charge in [-0.05, 0) is 59.3 Å². The van der Waals surface area contributed by atoms with E-state index < -0.39 is 5.97 Å². The molecule has 0 radical (unpaired) electrons. The number of hydrogen-bond donors (Lipinski definition) is 0. The molecular weight excluding hydrogens is 506 g/mol. The van der Waals surface area contributed by atoms with Gasteiger partial charge in [0, 0.05) is 4.47 Å². The Labute approximate surface area is 203 Å². The second kappa shape index (κ2) is 10.1. The maximum absolute atomic E-state index is 12.8. The summed E-state index contributed by atoms with van der Waals surface area (Å²) in [5.41, 5.74) is 1.90. The van der Waals surface area contributed by atoms with Gasteiger partial charge in [0.1, 0.15) is 0 Å². The van der Waals surface area contributed by atoms with Crippen LogP contribution in [0, 0.1) is 0 Å². The lowest BCUT2D eigenvalue weighted by Crippen LogP contribution is -2.27. The van der Waals surface area contributed by atoms with Crippen LogP contribution in [-0.4, -0.2) is 29.1 Å². The van der Waals surface area contributed by atoms with Crippen molar-refractivity contribution in [2.24, 2.45) is 0 Å². The molecule has 1 heterocycles. The molecule has 8 heteroatoms. The lowest BCUT2D eigenvalue weighted by molar-refractivity contribution is -0.123. The number of esters is 1. The summed E-state index contributed by atoms with van der Waals surface area (Å²) in [5.74, 6) is -0.297. The molecule has 0 saturated carbocycles. The van der Waals surface area contributed by atoms with Crippen LogP contribution in [0.2, 0.25) is 0 Å². The first-order valence-electron chi connectivity index (χ1n) is 9.89. The van der Waals surface area contributed by atoms with E-state index in [-0.39, 0.29) is 23.4 Å². The summed E-state index contributed by atoms with van der Waals surface area (Å²) in [6.07, 6.45) is 1.62. The Morgan fingerprint density at radius 2 is 1.79 bits per heavy atom. The van der Waals surface area contributed by atoms with E-state index in [1.807, 2.05) is 36.4 Å². The third kappa shape index (κ3) is 5.35. The zero-order chi connectivity index (χ0) is 23.4. The van der Waals surface area contributed by atoms with Gasteiger partial charge in [0.25, 0.3) is 11.1 Å². The van der Waals surface area contributed by atoms with Gasteiger partial charge in [-0.15, -0.1) is 0 Å². The van der Waals surface area contributed by atoms with Gasteiger partial charge in [-0.1, -0.05) is 58.4 Å². The Balaban J connectivity index is 1.52. The highest BCUT2D eigenvalue weighted by Crippen LogP contribution is 2.35. The second-order valence-electron chi connectivity index (χ2n) is 7.06. The second-order valence-corrected chi connectivity index (χ2v) is 8.97. The average Bonchev–Trinajstić information content (AvgIpc) is 3.08. The number of methoxy groups -OCH3 is 1. The minimum atomic E-state index is -0.524. The Kier molecular flexibility index (Phi) is 6.96. The molecule has 3 aromatic rings. The molecule has 4 rings (SSSR count). The summed E-state index contributed by atoms with van der Waals surface area (Å²) in [7, 11) is 1.46. The first-order chi connectivity index (χ1) is 15.9. The van der Waals surface area contributed by atoms with Gasteiger partial charge < -0.3 is 9.47 Å². The number of carbonyl (C=O) groups excluding carboxylic acids is 3. The number of halogens is 1. The van der Waals surface area contributed by atoms with Crippen LogP contribution in [0.3, 0.4) is 0 Å². The molecule has 0 aliphatic carbocycles. The van der Waals surface area contributed by atoms with Crippen molar-refractivity contribution in [2.75, 3.05) is 7.11 Å². The van der Waals surface area contributed by atoms with Crippen molar-refractivity contribution in [3.63, 3.8) is 0 Å². The van der Waals surface area contributed by atoms with E-state index in [0.29, 0.717) is 21.8 Å². The summed E-state index contributed by atoms with van der Waals surface area (Å²) in [6, 6.07) is 21.1. The van der Waals surface area contributed by atoms with Crippen LogP contribution in [0.25, 0.3) is 6.08 Å². The van der Waals surface area contributed by atoms with E-state index in [2.05, 4.69) is 15.9 Å². The molecule has 1 saturated heterocycles. The third-order valence-corrected chi connectivity index (χ3v) is 6.21. The van der Waals surface area contributed by atoms with Crippen LogP contribution < -0.4 is 9.47 Å². The van der Waals surface area contributed by atoms with Crippen molar-refractivity contribution < 1.29 is 23.9 Å². The van der Waals surface area contributed by atoms with Gasteiger partial charge >= 0.3 is 5.97 Å². The van der Waals surface area contributed by atoms with Crippen molar-refractivity contribution in [2.45, 2.75) is 6.54 Å². The van der Waals surface area contributed by atoms with E-state index in [9.17, 15) is 14.4 Å². The largest absolute Gasteiger partial charge is 0.493 e. The van der Waals surface area contributed by atoms with Gasteiger partial charge in [0.15, 0.2) is 11.5 Å². The zero-order valence-electron chi connectivity index (χ0n) is 17.5. The molecule has 0 N–H and O–H groups in total. The lowest BCUT2D eigenvalue weighted by atomic mass is 10.1. The fourth-order valence-electron chi connectivity index (χ4n) is 3.19. The number of rotatable bonds is 6. The van der Waals surface area contributed by atoms with Crippen molar-refractivity contribution in [3.05, 3.63) is 98.9 Å². The van der Waals surface area contributed by atoms with Crippen molar-refractivity contribution in [1.82, 2.24) is 4.90 Å². The maximum atomic E-state index is 12.8. The molecule has 1 aliphatic rings. The highest BCUT2D eigenvalue weighted by molar-refractivity contribution is 9.10. The molecule has 3 aromatic carbocycles. The summed E-state index contributed by atoms with van der Waals surface area (Å²) in [4.78, 5) is 39.2. The van der Waals surface area contributed by atoms with Crippen LogP contribution in [0.15, 0.2) is 82.2 Å². The first kappa shape index (κ1) is 22.8. The van der Waals surface area contributed by atoms with Crippen molar-refractivity contribution >= 4 is 50.9 Å². The fraction of sp³-hybridized carbons (Fsp3) is 0.0800. The maximum Gasteiger partial charge on any atom is 0.343 e. The number of carbonyl (C=O) groups is 3. The topological polar surface area (TPSA) is 72.9 Å². The molecule has 33 heavy (non-hydrogen) atoms. The summed E-state index contributed by atoms with van der Waals surface area (Å²) in [6.45, 7) is 0.219.